The third-order valence-electron chi connectivity index (χ3n) is 11.0. The Hall–Kier alpha value is -0.400. The van der Waals surface area contributed by atoms with E-state index in [1.54, 1.807) is 0 Å². The molecular weight excluding hydrogens is 849 g/mol. The number of nitrogens with zero attached hydrogens (tertiary/aromatic N) is 4. The predicted octanol–water partition coefficient (Wildman–Crippen LogP) is 0.570. The Morgan fingerprint density at radius 2 is 1.25 bits per heavy atom. The summed E-state index contributed by atoms with van der Waals surface area (Å²) in [6.45, 7) is 9.73. The normalized spacial score (nSPS) is 24.8. The van der Waals surface area contributed by atoms with Crippen LogP contribution >= 0.6 is 50.5 Å². The van der Waals surface area contributed by atoms with E-state index in [2.05, 4.69) is 105 Å². The van der Waals surface area contributed by atoms with Crippen LogP contribution in [-0.4, -0.2) is 224 Å². The zero-order chi connectivity index (χ0) is 44.7. The molecule has 0 aliphatic carbocycles. The maximum absolute atomic E-state index is 11.8. The Bertz CT molecular complexity index is 1170. The van der Waals surface area contributed by atoms with Crippen LogP contribution in [0.15, 0.2) is 0 Å². The van der Waals surface area contributed by atoms with Crippen molar-refractivity contribution >= 4 is 73.6 Å². The summed E-state index contributed by atoms with van der Waals surface area (Å²) in [4.78, 5) is 55.4. The van der Waals surface area contributed by atoms with Gasteiger partial charge in [-0.05, 0) is 55.1 Å². The van der Waals surface area contributed by atoms with E-state index in [9.17, 15) is 19.2 Å². The van der Waals surface area contributed by atoms with Crippen LogP contribution in [0.25, 0.3) is 0 Å². The minimum Gasteiger partial charge on any atom is -0.371 e. The number of rotatable bonds is 24. The fourth-order valence-corrected chi connectivity index (χ4v) is 7.73. The Labute approximate surface area is 383 Å². The summed E-state index contributed by atoms with van der Waals surface area (Å²) >= 11 is 15.7. The van der Waals surface area contributed by atoms with Crippen LogP contribution in [0.1, 0.15) is 51.4 Å². The molecule has 4 rings (SSSR count). The van der Waals surface area contributed by atoms with Gasteiger partial charge in [0.15, 0.2) is 11.6 Å². The quantitative estimate of drug-likeness (QED) is 0.0385. The lowest BCUT2D eigenvalue weighted by atomic mass is 10.1. The molecule has 0 aromatic heterocycles. The molecule has 60 heavy (non-hydrogen) atoms. The number of ether oxygens (including phenoxy) is 4. The van der Waals surface area contributed by atoms with Crippen LogP contribution in [0, 0.1) is 0 Å². The van der Waals surface area contributed by atoms with Gasteiger partial charge in [0.25, 0.3) is 0 Å². The standard InChI is InChI=1S/4C10H20N2O2S/c1-12(2)8-5-9(11-6-8)10(13)3-4-14-7-15;1-11-8-5-9(12(2)6-8)10(13)3-4-14-7-15;1-12-4-3-11-9(7-12)6-10(13)2-5-14-8-15;1-12-4-3-11-7-9(12)6-10(13)2-5-14-8-15/h2*8-9,11,15H,3-7H2,1-2H3;2*9,11,15H,2-8H2,1H3. The number of piperazine rings is 2. The van der Waals surface area contributed by atoms with Gasteiger partial charge < -0.3 is 54.9 Å². The average molecular weight is 929 g/mol. The number of likely N-dealkylation sites (N-methyl/N-ethyl adjacent to an activating group) is 5. The first-order chi connectivity index (χ1) is 28.8. The zero-order valence-electron chi connectivity index (χ0n) is 37.3. The second kappa shape index (κ2) is 35.9. The van der Waals surface area contributed by atoms with E-state index in [1.807, 2.05) is 28.2 Å². The fraction of sp³-hybridized carbons (Fsp3) is 0.900. The summed E-state index contributed by atoms with van der Waals surface area (Å²) < 4.78 is 20.2. The molecule has 0 aromatic carbocycles. The first-order valence-corrected chi connectivity index (χ1v) is 23.8. The van der Waals surface area contributed by atoms with Gasteiger partial charge in [-0.1, -0.05) is 0 Å². The van der Waals surface area contributed by atoms with Crippen molar-refractivity contribution in [1.82, 2.24) is 40.9 Å². The third kappa shape index (κ3) is 26.4. The molecule has 4 saturated heterocycles. The smallest absolute Gasteiger partial charge is 0.152 e. The molecule has 0 amide bonds. The molecular formula is C40H80N8O8S4. The maximum Gasteiger partial charge on any atom is 0.152 e. The molecule has 0 spiro atoms. The molecule has 4 aliphatic heterocycles. The molecule has 20 heteroatoms. The first-order valence-electron chi connectivity index (χ1n) is 21.2. The predicted molar refractivity (Wildman–Crippen MR) is 253 cm³/mol. The van der Waals surface area contributed by atoms with E-state index in [4.69, 9.17) is 18.9 Å². The van der Waals surface area contributed by atoms with Crippen molar-refractivity contribution < 1.29 is 38.1 Å². The number of ketones is 4. The van der Waals surface area contributed by atoms with Crippen molar-refractivity contribution in [3.63, 3.8) is 0 Å². The number of carbonyl (C=O) groups excluding carboxylic acids is 4. The van der Waals surface area contributed by atoms with Crippen LogP contribution in [0.5, 0.6) is 0 Å². The lowest BCUT2D eigenvalue weighted by Gasteiger charge is -2.32. The minimum atomic E-state index is 0.0147. The van der Waals surface area contributed by atoms with Crippen molar-refractivity contribution in [3.8, 4) is 0 Å². The second-order valence-electron chi connectivity index (χ2n) is 15.8. The van der Waals surface area contributed by atoms with E-state index < -0.39 is 0 Å². The largest absolute Gasteiger partial charge is 0.371 e. The number of hydrogen-bond acceptors (Lipinski definition) is 20. The molecule has 352 valence electrons. The summed E-state index contributed by atoms with van der Waals surface area (Å²) in [7, 11) is 12.2. The van der Waals surface area contributed by atoms with Crippen LogP contribution in [0.3, 0.4) is 0 Å². The van der Waals surface area contributed by atoms with Gasteiger partial charge in [-0.2, -0.15) is 50.5 Å². The summed E-state index contributed by atoms with van der Waals surface area (Å²) in [5.41, 5.74) is 0. The highest BCUT2D eigenvalue weighted by Crippen LogP contribution is 2.18. The Balaban J connectivity index is 0.000000400. The lowest BCUT2D eigenvalue weighted by Crippen LogP contribution is -2.50. The zero-order valence-corrected chi connectivity index (χ0v) is 40.9. The fourth-order valence-electron chi connectivity index (χ4n) is 7.22. The topological polar surface area (TPSA) is 166 Å². The first kappa shape index (κ1) is 57.6. The van der Waals surface area contributed by atoms with Gasteiger partial charge in [0.1, 0.15) is 11.6 Å². The number of Topliss-reactive ketones (excluding diaryl/α,β-unsaturated/α-hetero) is 4. The van der Waals surface area contributed by atoms with Crippen molar-refractivity contribution in [2.24, 2.45) is 0 Å². The van der Waals surface area contributed by atoms with Gasteiger partial charge in [0.2, 0.25) is 0 Å². The molecule has 4 N–H and O–H groups in total. The summed E-state index contributed by atoms with van der Waals surface area (Å²) in [5, 5.41) is 13.1. The molecule has 0 bridgehead atoms. The Morgan fingerprint density at radius 3 is 1.75 bits per heavy atom. The molecule has 6 unspecified atom stereocenters. The van der Waals surface area contributed by atoms with Gasteiger partial charge in [-0.15, -0.1) is 0 Å². The molecule has 4 heterocycles. The Kier molecular flexibility index (Phi) is 34.5. The number of thiol groups is 4. The van der Waals surface area contributed by atoms with E-state index in [-0.39, 0.29) is 35.2 Å². The summed E-state index contributed by atoms with van der Waals surface area (Å²) in [5.74, 6) is 2.61. The summed E-state index contributed by atoms with van der Waals surface area (Å²) in [6.07, 6.45) is 5.04. The molecule has 6 atom stereocenters. The van der Waals surface area contributed by atoms with Crippen molar-refractivity contribution in [2.45, 2.75) is 87.6 Å². The van der Waals surface area contributed by atoms with Crippen molar-refractivity contribution in [3.05, 3.63) is 0 Å². The van der Waals surface area contributed by atoms with Gasteiger partial charge in [0.05, 0.1) is 62.3 Å². The lowest BCUT2D eigenvalue weighted by molar-refractivity contribution is -0.124. The van der Waals surface area contributed by atoms with Crippen molar-refractivity contribution in [1.29, 1.82) is 0 Å². The van der Waals surface area contributed by atoms with Crippen LogP contribution < -0.4 is 21.3 Å². The molecule has 0 radical (unpaired) electrons. The molecule has 4 fully saturated rings. The number of likely N-dealkylation sites (tertiary alicyclic amines) is 1. The van der Waals surface area contributed by atoms with Gasteiger partial charge in [-0.25, -0.2) is 0 Å². The molecule has 0 aromatic rings. The Morgan fingerprint density at radius 1 is 0.683 bits per heavy atom. The van der Waals surface area contributed by atoms with E-state index in [0.29, 0.717) is 113 Å². The average Bonchev–Trinajstić information content (AvgIpc) is 3.88. The maximum atomic E-state index is 11.8. The van der Waals surface area contributed by atoms with Gasteiger partial charge in [-0.3, -0.25) is 24.1 Å². The highest BCUT2D eigenvalue weighted by atomic mass is 32.1. The number of nitrogens with one attached hydrogen (secondary N) is 4. The van der Waals surface area contributed by atoms with E-state index in [0.717, 1.165) is 65.2 Å². The molecule has 16 nitrogen and oxygen atoms in total. The summed E-state index contributed by atoms with van der Waals surface area (Å²) in [6, 6.07) is 1.65. The SMILES string of the molecule is CN(C)C1CNC(C(=O)CCOCS)C1.CN1CCNC(CC(=O)CCOCS)C1.CN1CCNCC1CC(=O)CCOCS.CNC1CC(C(=O)CCOCS)N(C)C1. The third-order valence-corrected chi connectivity index (χ3v) is 11.7. The number of carbonyl (C=O) groups is 4. The minimum absolute atomic E-state index is 0.0147. The number of hydrogen-bond donors (Lipinski definition) is 8. The molecule has 4 aliphatic rings. The van der Waals surface area contributed by atoms with Crippen LogP contribution in [-0.2, 0) is 38.1 Å². The molecule has 0 saturated carbocycles. The van der Waals surface area contributed by atoms with Crippen LogP contribution in [0.2, 0.25) is 0 Å². The highest BCUT2D eigenvalue weighted by Gasteiger charge is 2.33. The van der Waals surface area contributed by atoms with E-state index in [1.165, 1.54) is 0 Å². The second-order valence-corrected chi connectivity index (χ2v) is 16.8. The highest BCUT2D eigenvalue weighted by molar-refractivity contribution is 7.80. The van der Waals surface area contributed by atoms with Gasteiger partial charge in [0, 0.05) is 115 Å². The van der Waals surface area contributed by atoms with Crippen LogP contribution in [0.4, 0.5) is 0 Å². The van der Waals surface area contributed by atoms with Gasteiger partial charge >= 0.3 is 0 Å². The monoisotopic (exact) mass is 928 g/mol. The van der Waals surface area contributed by atoms with E-state index >= 15 is 0 Å². The van der Waals surface area contributed by atoms with Crippen molar-refractivity contribution in [2.75, 3.05) is 145 Å².